The topological polar surface area (TPSA) is 79.7 Å². The van der Waals surface area contributed by atoms with Crippen LogP contribution in [0.5, 0.6) is 0 Å². The molecule has 0 spiro atoms. The highest BCUT2D eigenvalue weighted by Crippen LogP contribution is 2.27. The van der Waals surface area contributed by atoms with Crippen molar-refractivity contribution in [2.75, 3.05) is 11.4 Å². The highest BCUT2D eigenvalue weighted by molar-refractivity contribution is 7.16. The van der Waals surface area contributed by atoms with Gasteiger partial charge >= 0.3 is 12.1 Å². The van der Waals surface area contributed by atoms with Gasteiger partial charge in [0, 0.05) is 11.4 Å². The molecule has 0 bridgehead atoms. The molecule has 0 radical (unpaired) electrons. The molecule has 3 rings (SSSR count). The molecule has 1 amide bonds. The minimum Gasteiger partial charge on any atom is -0.476 e. The first-order valence-corrected chi connectivity index (χ1v) is 9.59. The summed E-state index contributed by atoms with van der Waals surface area (Å²) in [5.41, 5.74) is 1.90. The van der Waals surface area contributed by atoms with Crippen molar-refractivity contribution in [1.82, 2.24) is 4.98 Å². The quantitative estimate of drug-likeness (QED) is 0.634. The molecule has 28 heavy (non-hydrogen) atoms. The second-order valence-corrected chi connectivity index (χ2v) is 7.32. The summed E-state index contributed by atoms with van der Waals surface area (Å²) in [6.07, 6.45) is 0.0490. The zero-order chi connectivity index (χ0) is 19.9. The molecule has 0 atom stereocenters. The van der Waals surface area contributed by atoms with Crippen LogP contribution in [0.25, 0.3) is 0 Å². The molecular weight excluding hydrogens is 376 g/mol. The Hall–Kier alpha value is -3.19. The van der Waals surface area contributed by atoms with Crippen molar-refractivity contribution in [2.45, 2.75) is 20.0 Å². The van der Waals surface area contributed by atoms with Crippen LogP contribution >= 0.6 is 11.3 Å². The summed E-state index contributed by atoms with van der Waals surface area (Å²) in [5.74, 6) is -1.11. The number of carbonyl (C=O) groups excluding carboxylic acids is 1. The molecule has 7 heteroatoms. The van der Waals surface area contributed by atoms with Gasteiger partial charge in [0.2, 0.25) is 0 Å². The number of nitrogens with zero attached hydrogens (tertiary/aromatic N) is 2. The van der Waals surface area contributed by atoms with Gasteiger partial charge in [0.05, 0.1) is 0 Å². The second-order valence-electron chi connectivity index (χ2n) is 6.13. The van der Waals surface area contributed by atoms with E-state index >= 15 is 0 Å². The fourth-order valence-corrected chi connectivity index (χ4v) is 3.56. The molecule has 2 aromatic carbocycles. The number of carboxylic acids is 1. The van der Waals surface area contributed by atoms with Crippen LogP contribution in [0.2, 0.25) is 0 Å². The highest BCUT2D eigenvalue weighted by atomic mass is 32.1. The summed E-state index contributed by atoms with van der Waals surface area (Å²) in [5, 5.41) is 9.59. The molecule has 0 aliphatic heterocycles. The predicted molar refractivity (Wildman–Crippen MR) is 108 cm³/mol. The predicted octanol–water partition coefficient (Wildman–Crippen LogP) is 4.54. The van der Waals surface area contributed by atoms with E-state index in [0.29, 0.717) is 23.0 Å². The van der Waals surface area contributed by atoms with Gasteiger partial charge in [0.1, 0.15) is 6.61 Å². The van der Waals surface area contributed by atoms with E-state index < -0.39 is 12.1 Å². The van der Waals surface area contributed by atoms with E-state index in [9.17, 15) is 14.7 Å². The first kappa shape index (κ1) is 19.6. The number of hydrogen-bond acceptors (Lipinski definition) is 5. The van der Waals surface area contributed by atoms with Gasteiger partial charge in [-0.3, -0.25) is 4.90 Å². The minimum absolute atomic E-state index is 0.0411. The molecule has 0 saturated heterocycles. The van der Waals surface area contributed by atoms with Crippen LogP contribution in [0.4, 0.5) is 9.93 Å². The Morgan fingerprint density at radius 2 is 1.64 bits per heavy atom. The number of aromatic nitrogens is 1. The number of carboxylic acid groups (broad SMARTS) is 1. The second kappa shape index (κ2) is 9.14. The smallest absolute Gasteiger partial charge is 0.416 e. The van der Waals surface area contributed by atoms with Gasteiger partial charge in [-0.2, -0.15) is 0 Å². The lowest BCUT2D eigenvalue weighted by molar-refractivity contribution is 0.0690. The summed E-state index contributed by atoms with van der Waals surface area (Å²) in [6.45, 7) is 2.15. The number of aryl methyl sites for hydroxylation is 1. The summed E-state index contributed by atoms with van der Waals surface area (Å²) in [7, 11) is 0. The molecule has 3 aromatic rings. The van der Waals surface area contributed by atoms with E-state index in [1.54, 1.807) is 6.92 Å². The third kappa shape index (κ3) is 4.95. The SMILES string of the molecule is Cc1sc(N(CCc2ccccc2)C(=O)OCc2ccccc2)nc1C(=O)O. The standard InChI is InChI=1S/C21H20N2O4S/c1-15-18(19(24)25)22-20(28-15)23(13-12-16-8-4-2-5-9-16)21(26)27-14-17-10-6-3-7-11-17/h2-11H,12-14H2,1H3,(H,24,25). The molecule has 1 N–H and O–H groups in total. The van der Waals surface area contributed by atoms with Crippen molar-refractivity contribution in [3.05, 3.63) is 82.4 Å². The Morgan fingerprint density at radius 3 is 2.21 bits per heavy atom. The minimum atomic E-state index is -1.11. The Kier molecular flexibility index (Phi) is 6.39. The lowest BCUT2D eigenvalue weighted by atomic mass is 10.1. The average molecular weight is 396 g/mol. The van der Waals surface area contributed by atoms with Gasteiger partial charge in [-0.25, -0.2) is 14.6 Å². The van der Waals surface area contributed by atoms with Crippen LogP contribution in [-0.2, 0) is 17.8 Å². The van der Waals surface area contributed by atoms with Crippen molar-refractivity contribution in [2.24, 2.45) is 0 Å². The number of thiazole rings is 1. The van der Waals surface area contributed by atoms with Crippen LogP contribution in [0, 0.1) is 6.92 Å². The van der Waals surface area contributed by atoms with Gasteiger partial charge in [-0.1, -0.05) is 60.7 Å². The lowest BCUT2D eigenvalue weighted by Crippen LogP contribution is -2.33. The van der Waals surface area contributed by atoms with Crippen molar-refractivity contribution in [1.29, 1.82) is 0 Å². The number of carbonyl (C=O) groups is 2. The van der Waals surface area contributed by atoms with Crippen molar-refractivity contribution in [3.63, 3.8) is 0 Å². The van der Waals surface area contributed by atoms with Crippen molar-refractivity contribution >= 4 is 28.5 Å². The molecular formula is C21H20N2O4S. The zero-order valence-corrected chi connectivity index (χ0v) is 16.2. The number of amides is 1. The van der Waals surface area contributed by atoms with Crippen LogP contribution in [0.1, 0.15) is 26.5 Å². The molecule has 6 nitrogen and oxygen atoms in total. The third-order valence-corrected chi connectivity index (χ3v) is 5.11. The number of ether oxygens (including phenoxy) is 1. The van der Waals surface area contributed by atoms with Gasteiger partial charge in [-0.15, -0.1) is 11.3 Å². The summed E-state index contributed by atoms with van der Waals surface area (Å²) >= 11 is 1.17. The Bertz CT molecular complexity index is 942. The Morgan fingerprint density at radius 1 is 1.04 bits per heavy atom. The summed E-state index contributed by atoms with van der Waals surface area (Å²) < 4.78 is 5.45. The number of anilines is 1. The summed E-state index contributed by atoms with van der Waals surface area (Å²) in [4.78, 5) is 30.2. The number of benzene rings is 2. The largest absolute Gasteiger partial charge is 0.476 e. The van der Waals surface area contributed by atoms with Gasteiger partial charge in [0.25, 0.3) is 0 Å². The van der Waals surface area contributed by atoms with Crippen molar-refractivity contribution in [3.8, 4) is 0 Å². The van der Waals surface area contributed by atoms with E-state index in [-0.39, 0.29) is 12.3 Å². The lowest BCUT2D eigenvalue weighted by Gasteiger charge is -2.19. The van der Waals surface area contributed by atoms with E-state index in [1.807, 2.05) is 60.7 Å². The van der Waals surface area contributed by atoms with Crippen LogP contribution in [0.3, 0.4) is 0 Å². The fourth-order valence-electron chi connectivity index (χ4n) is 2.64. The number of rotatable bonds is 7. The van der Waals surface area contributed by atoms with E-state index in [1.165, 1.54) is 16.2 Å². The number of aromatic carboxylic acids is 1. The molecule has 0 aliphatic rings. The van der Waals surface area contributed by atoms with Crippen LogP contribution < -0.4 is 4.90 Å². The molecule has 0 fully saturated rings. The Balaban J connectivity index is 1.77. The summed E-state index contributed by atoms with van der Waals surface area (Å²) in [6, 6.07) is 19.1. The van der Waals surface area contributed by atoms with Gasteiger partial charge in [-0.05, 0) is 24.5 Å². The number of hydrogen-bond donors (Lipinski definition) is 1. The molecule has 0 unspecified atom stereocenters. The third-order valence-electron chi connectivity index (χ3n) is 4.11. The molecule has 1 heterocycles. The fraction of sp³-hybridized carbons (Fsp3) is 0.190. The molecule has 0 saturated carbocycles. The maximum absolute atomic E-state index is 12.8. The molecule has 0 aliphatic carbocycles. The van der Waals surface area contributed by atoms with Crippen molar-refractivity contribution < 1.29 is 19.4 Å². The van der Waals surface area contributed by atoms with E-state index in [4.69, 9.17) is 4.74 Å². The first-order chi connectivity index (χ1) is 13.5. The zero-order valence-electron chi connectivity index (χ0n) is 15.4. The van der Waals surface area contributed by atoms with Gasteiger partial charge in [0.15, 0.2) is 10.8 Å². The maximum Gasteiger partial charge on any atom is 0.416 e. The normalized spacial score (nSPS) is 10.5. The van der Waals surface area contributed by atoms with Crippen LogP contribution in [0.15, 0.2) is 60.7 Å². The monoisotopic (exact) mass is 396 g/mol. The average Bonchev–Trinajstić information content (AvgIpc) is 3.10. The maximum atomic E-state index is 12.8. The first-order valence-electron chi connectivity index (χ1n) is 8.77. The van der Waals surface area contributed by atoms with Gasteiger partial charge < -0.3 is 9.84 Å². The van der Waals surface area contributed by atoms with E-state index in [2.05, 4.69) is 4.98 Å². The highest BCUT2D eigenvalue weighted by Gasteiger charge is 2.24. The van der Waals surface area contributed by atoms with Crippen LogP contribution in [-0.4, -0.2) is 28.7 Å². The molecule has 1 aromatic heterocycles. The van der Waals surface area contributed by atoms with E-state index in [0.717, 1.165) is 11.1 Å². The Labute approximate surface area is 167 Å². The molecule has 144 valence electrons.